The van der Waals surface area contributed by atoms with Gasteiger partial charge in [0, 0.05) is 20.4 Å². The van der Waals surface area contributed by atoms with Gasteiger partial charge in [-0.3, -0.25) is 0 Å². The van der Waals surface area contributed by atoms with E-state index in [1.165, 1.54) is 11.3 Å². The van der Waals surface area contributed by atoms with Crippen LogP contribution in [0.2, 0.25) is 5.02 Å². The van der Waals surface area contributed by atoms with Gasteiger partial charge in [0.25, 0.3) is 0 Å². The lowest BCUT2D eigenvalue weighted by Crippen LogP contribution is -1.83. The molecule has 6 heteroatoms. The standard InChI is InChI=1S/C10H7ClN4S/c11-8-3-1-7(2-4-8)10-9(5-14-15-12)16-6-13-10/h1-4,6H,5H2. The number of thiazole rings is 1. The average molecular weight is 251 g/mol. The monoisotopic (exact) mass is 250 g/mol. The van der Waals surface area contributed by atoms with Gasteiger partial charge in [0.1, 0.15) is 0 Å². The van der Waals surface area contributed by atoms with Gasteiger partial charge in [0.05, 0.1) is 17.7 Å². The molecule has 2 rings (SSSR count). The molecule has 0 aliphatic rings. The molecule has 0 atom stereocenters. The van der Waals surface area contributed by atoms with Crippen LogP contribution in [0, 0.1) is 0 Å². The first kappa shape index (κ1) is 11.0. The Hall–Kier alpha value is -1.55. The van der Waals surface area contributed by atoms with Crippen LogP contribution in [0.3, 0.4) is 0 Å². The maximum atomic E-state index is 8.29. The first-order chi connectivity index (χ1) is 7.81. The number of benzene rings is 1. The molecule has 1 aromatic heterocycles. The quantitative estimate of drug-likeness (QED) is 0.456. The van der Waals surface area contributed by atoms with Crippen molar-refractivity contribution in [2.24, 2.45) is 5.11 Å². The van der Waals surface area contributed by atoms with Crippen molar-refractivity contribution in [2.45, 2.75) is 6.54 Å². The number of azide groups is 1. The minimum Gasteiger partial charge on any atom is -0.244 e. The third kappa shape index (κ3) is 2.33. The van der Waals surface area contributed by atoms with E-state index in [0.717, 1.165) is 16.1 Å². The zero-order valence-corrected chi connectivity index (χ0v) is 9.74. The summed E-state index contributed by atoms with van der Waals surface area (Å²) in [4.78, 5) is 7.96. The van der Waals surface area contributed by atoms with Crippen molar-refractivity contribution in [1.82, 2.24) is 4.98 Å². The predicted octanol–water partition coefficient (Wildman–Crippen LogP) is 4.27. The first-order valence-electron chi connectivity index (χ1n) is 4.50. The van der Waals surface area contributed by atoms with E-state index in [-0.39, 0.29) is 0 Å². The summed E-state index contributed by atoms with van der Waals surface area (Å²) in [5.74, 6) is 0. The minimum absolute atomic E-state index is 0.332. The Morgan fingerprint density at radius 2 is 2.12 bits per heavy atom. The fourth-order valence-corrected chi connectivity index (χ4v) is 2.15. The van der Waals surface area contributed by atoms with Gasteiger partial charge in [-0.1, -0.05) is 28.8 Å². The summed E-state index contributed by atoms with van der Waals surface area (Å²) in [7, 11) is 0. The van der Waals surface area contributed by atoms with Gasteiger partial charge in [-0.25, -0.2) is 4.98 Å². The molecule has 1 aromatic carbocycles. The fraction of sp³-hybridized carbons (Fsp3) is 0.100. The van der Waals surface area contributed by atoms with E-state index in [2.05, 4.69) is 15.0 Å². The van der Waals surface area contributed by atoms with Crippen LogP contribution >= 0.6 is 22.9 Å². The summed E-state index contributed by atoms with van der Waals surface area (Å²) < 4.78 is 0. The van der Waals surface area contributed by atoms with Crippen molar-refractivity contribution in [3.05, 3.63) is 50.1 Å². The molecule has 0 radical (unpaired) electrons. The Labute approximate surface area is 101 Å². The topological polar surface area (TPSA) is 61.7 Å². The highest BCUT2D eigenvalue weighted by atomic mass is 35.5. The number of nitrogens with zero attached hydrogens (tertiary/aromatic N) is 4. The number of hydrogen-bond donors (Lipinski definition) is 0. The van der Waals surface area contributed by atoms with Gasteiger partial charge < -0.3 is 0 Å². The van der Waals surface area contributed by atoms with E-state index in [0.29, 0.717) is 11.6 Å². The fourth-order valence-electron chi connectivity index (χ4n) is 1.32. The normalized spacial score (nSPS) is 9.81. The van der Waals surface area contributed by atoms with Crippen molar-refractivity contribution >= 4 is 22.9 Å². The SMILES string of the molecule is [N-]=[N+]=NCc1scnc1-c1ccc(Cl)cc1. The molecular formula is C10H7ClN4S. The van der Waals surface area contributed by atoms with Gasteiger partial charge in [0.15, 0.2) is 0 Å². The van der Waals surface area contributed by atoms with Crippen LogP contribution in [-0.2, 0) is 6.54 Å². The van der Waals surface area contributed by atoms with Crippen LogP contribution in [-0.4, -0.2) is 4.98 Å². The summed E-state index contributed by atoms with van der Waals surface area (Å²) in [6.07, 6.45) is 0. The smallest absolute Gasteiger partial charge is 0.0844 e. The van der Waals surface area contributed by atoms with E-state index in [1.54, 1.807) is 5.51 Å². The molecule has 0 spiro atoms. The average Bonchev–Trinajstić information content (AvgIpc) is 2.75. The van der Waals surface area contributed by atoms with E-state index in [1.807, 2.05) is 24.3 Å². The summed E-state index contributed by atoms with van der Waals surface area (Å²) in [5.41, 5.74) is 11.9. The Kier molecular flexibility index (Phi) is 3.41. The third-order valence-electron chi connectivity index (χ3n) is 2.04. The van der Waals surface area contributed by atoms with Crippen molar-refractivity contribution in [1.29, 1.82) is 0 Å². The summed E-state index contributed by atoms with van der Waals surface area (Å²) in [5, 5.41) is 4.23. The Bertz CT molecular complexity index is 528. The zero-order chi connectivity index (χ0) is 11.4. The lowest BCUT2D eigenvalue weighted by molar-refractivity contribution is 1.07. The minimum atomic E-state index is 0.332. The summed E-state index contributed by atoms with van der Waals surface area (Å²) >= 11 is 7.29. The first-order valence-corrected chi connectivity index (χ1v) is 5.76. The molecule has 80 valence electrons. The molecule has 0 aliphatic heterocycles. The summed E-state index contributed by atoms with van der Waals surface area (Å²) in [6.45, 7) is 0.332. The van der Waals surface area contributed by atoms with Crippen molar-refractivity contribution in [2.75, 3.05) is 0 Å². The lowest BCUT2D eigenvalue weighted by Gasteiger charge is -1.99. The molecule has 0 aliphatic carbocycles. The van der Waals surface area contributed by atoms with Crippen molar-refractivity contribution in [3.8, 4) is 11.3 Å². The molecule has 0 fully saturated rings. The maximum Gasteiger partial charge on any atom is 0.0844 e. The molecule has 4 nitrogen and oxygen atoms in total. The second-order valence-electron chi connectivity index (χ2n) is 3.02. The highest BCUT2D eigenvalue weighted by molar-refractivity contribution is 7.10. The molecule has 16 heavy (non-hydrogen) atoms. The Morgan fingerprint density at radius 3 is 2.81 bits per heavy atom. The Morgan fingerprint density at radius 1 is 1.38 bits per heavy atom. The second kappa shape index (κ2) is 4.99. The molecule has 0 saturated heterocycles. The number of hydrogen-bond acceptors (Lipinski definition) is 3. The zero-order valence-electron chi connectivity index (χ0n) is 8.17. The van der Waals surface area contributed by atoms with Gasteiger partial charge in [-0.05, 0) is 17.7 Å². The highest BCUT2D eigenvalue weighted by Gasteiger charge is 2.07. The van der Waals surface area contributed by atoms with E-state index in [9.17, 15) is 0 Å². The molecular weight excluding hydrogens is 244 g/mol. The molecule has 0 amide bonds. The number of rotatable bonds is 3. The predicted molar refractivity (Wildman–Crippen MR) is 65.4 cm³/mol. The van der Waals surface area contributed by atoms with Crippen molar-refractivity contribution < 1.29 is 0 Å². The van der Waals surface area contributed by atoms with Crippen LogP contribution in [0.1, 0.15) is 4.88 Å². The van der Waals surface area contributed by atoms with E-state index in [4.69, 9.17) is 17.1 Å². The van der Waals surface area contributed by atoms with E-state index >= 15 is 0 Å². The Balaban J connectivity index is 2.36. The molecule has 2 aromatic rings. The van der Waals surface area contributed by atoms with Crippen LogP contribution < -0.4 is 0 Å². The van der Waals surface area contributed by atoms with Gasteiger partial charge in [0.2, 0.25) is 0 Å². The molecule has 0 saturated carbocycles. The third-order valence-corrected chi connectivity index (χ3v) is 3.11. The highest BCUT2D eigenvalue weighted by Crippen LogP contribution is 2.27. The molecule has 0 N–H and O–H groups in total. The number of aromatic nitrogens is 1. The van der Waals surface area contributed by atoms with Crippen LogP contribution in [0.4, 0.5) is 0 Å². The molecule has 0 unspecified atom stereocenters. The summed E-state index contributed by atoms with van der Waals surface area (Å²) in [6, 6.07) is 7.43. The largest absolute Gasteiger partial charge is 0.244 e. The second-order valence-corrected chi connectivity index (χ2v) is 4.40. The van der Waals surface area contributed by atoms with E-state index < -0.39 is 0 Å². The van der Waals surface area contributed by atoms with Gasteiger partial charge >= 0.3 is 0 Å². The van der Waals surface area contributed by atoms with Crippen LogP contribution in [0.25, 0.3) is 21.7 Å². The van der Waals surface area contributed by atoms with Crippen LogP contribution in [0.15, 0.2) is 34.9 Å². The maximum absolute atomic E-state index is 8.29. The lowest BCUT2D eigenvalue weighted by atomic mass is 10.1. The molecule has 0 bridgehead atoms. The van der Waals surface area contributed by atoms with Crippen LogP contribution in [0.5, 0.6) is 0 Å². The van der Waals surface area contributed by atoms with Gasteiger partial charge in [-0.15, -0.1) is 11.3 Å². The molecule has 1 heterocycles. The van der Waals surface area contributed by atoms with Crippen molar-refractivity contribution in [3.63, 3.8) is 0 Å². The number of halogens is 1. The van der Waals surface area contributed by atoms with Gasteiger partial charge in [-0.2, -0.15) is 0 Å².